The number of nitrogens with one attached hydrogen (secondary N) is 1. The average Bonchev–Trinajstić information content (AvgIpc) is 3.24. The van der Waals surface area contributed by atoms with Crippen molar-refractivity contribution in [3.8, 4) is 16.9 Å². The third kappa shape index (κ3) is 5.00. The van der Waals surface area contributed by atoms with Crippen LogP contribution in [-0.2, 0) is 17.8 Å². The Balaban J connectivity index is 1.53. The van der Waals surface area contributed by atoms with Gasteiger partial charge in [0.2, 0.25) is 5.91 Å². The van der Waals surface area contributed by atoms with Gasteiger partial charge in [0, 0.05) is 32.0 Å². The zero-order valence-corrected chi connectivity index (χ0v) is 18.9. The maximum Gasteiger partial charge on any atom is 0.227 e. The standard InChI is InChI=1S/C27H31N3O2/c1-3-29-26(31)27(13-15-30(20-27)19-21-9-11-25(32-2)12-10-21)17-22-6-4-7-23(16-22)24-8-5-14-28-18-24/h4-12,14,16,18H,3,13,15,17,19-20H2,1-2H3,(H,29,31). The van der Waals surface area contributed by atoms with E-state index in [1.807, 2.05) is 31.3 Å². The Bertz CT molecular complexity index is 1040. The molecule has 1 saturated heterocycles. The molecule has 1 aliphatic rings. The van der Waals surface area contributed by atoms with Crippen LogP contribution in [0.5, 0.6) is 5.75 Å². The molecule has 5 nitrogen and oxygen atoms in total. The van der Waals surface area contributed by atoms with Gasteiger partial charge < -0.3 is 10.1 Å². The highest BCUT2D eigenvalue weighted by Crippen LogP contribution is 2.36. The van der Waals surface area contributed by atoms with E-state index in [1.54, 1.807) is 13.3 Å². The third-order valence-electron chi connectivity index (χ3n) is 6.28. The molecule has 1 aliphatic heterocycles. The molecule has 32 heavy (non-hydrogen) atoms. The minimum atomic E-state index is -0.421. The van der Waals surface area contributed by atoms with Crippen molar-refractivity contribution in [3.05, 3.63) is 84.2 Å². The predicted octanol–water partition coefficient (Wildman–Crippen LogP) is 4.33. The van der Waals surface area contributed by atoms with Gasteiger partial charge in [0.1, 0.15) is 5.75 Å². The van der Waals surface area contributed by atoms with Crippen molar-refractivity contribution in [1.29, 1.82) is 0 Å². The van der Waals surface area contributed by atoms with Crippen LogP contribution in [0.1, 0.15) is 24.5 Å². The summed E-state index contributed by atoms with van der Waals surface area (Å²) in [5.74, 6) is 1.02. The number of likely N-dealkylation sites (tertiary alicyclic amines) is 1. The molecule has 2 aromatic carbocycles. The minimum absolute atomic E-state index is 0.156. The monoisotopic (exact) mass is 429 g/mol. The lowest BCUT2D eigenvalue weighted by Gasteiger charge is -2.28. The number of nitrogens with zero attached hydrogens (tertiary/aromatic N) is 2. The van der Waals surface area contributed by atoms with Gasteiger partial charge in [0.25, 0.3) is 0 Å². The van der Waals surface area contributed by atoms with Gasteiger partial charge in [-0.15, -0.1) is 0 Å². The predicted molar refractivity (Wildman–Crippen MR) is 127 cm³/mol. The first kappa shape index (κ1) is 22.0. The van der Waals surface area contributed by atoms with Crippen LogP contribution >= 0.6 is 0 Å². The van der Waals surface area contributed by atoms with E-state index < -0.39 is 5.41 Å². The highest BCUT2D eigenvalue weighted by molar-refractivity contribution is 5.83. The van der Waals surface area contributed by atoms with Gasteiger partial charge in [-0.25, -0.2) is 0 Å². The van der Waals surface area contributed by atoms with E-state index in [2.05, 4.69) is 57.7 Å². The van der Waals surface area contributed by atoms with E-state index in [-0.39, 0.29) is 5.91 Å². The molecular formula is C27H31N3O2. The Morgan fingerprint density at radius 2 is 1.91 bits per heavy atom. The number of amides is 1. The number of pyridine rings is 1. The summed E-state index contributed by atoms with van der Waals surface area (Å²) >= 11 is 0. The summed E-state index contributed by atoms with van der Waals surface area (Å²) in [5, 5.41) is 3.10. The summed E-state index contributed by atoms with van der Waals surface area (Å²) in [5.41, 5.74) is 4.22. The first-order valence-corrected chi connectivity index (χ1v) is 11.2. The Hall–Kier alpha value is -3.18. The van der Waals surface area contributed by atoms with Gasteiger partial charge in [0.15, 0.2) is 0 Å². The SMILES string of the molecule is CCNC(=O)C1(Cc2cccc(-c3cccnc3)c2)CCN(Cc2ccc(OC)cc2)C1. The van der Waals surface area contributed by atoms with E-state index in [0.717, 1.165) is 49.4 Å². The second kappa shape index (κ2) is 9.96. The number of aromatic nitrogens is 1. The fraction of sp³-hybridized carbons (Fsp3) is 0.333. The van der Waals surface area contributed by atoms with Gasteiger partial charge >= 0.3 is 0 Å². The molecule has 5 heteroatoms. The number of carbonyl (C=O) groups is 1. The van der Waals surface area contributed by atoms with Crippen LogP contribution < -0.4 is 10.1 Å². The molecule has 0 radical (unpaired) electrons. The van der Waals surface area contributed by atoms with Crippen molar-refractivity contribution in [2.75, 3.05) is 26.7 Å². The number of ether oxygens (including phenoxy) is 1. The number of hydrogen-bond donors (Lipinski definition) is 1. The van der Waals surface area contributed by atoms with Crippen molar-refractivity contribution < 1.29 is 9.53 Å². The number of methoxy groups -OCH3 is 1. The van der Waals surface area contributed by atoms with Crippen molar-refractivity contribution in [1.82, 2.24) is 15.2 Å². The van der Waals surface area contributed by atoms with Gasteiger partial charge in [0.05, 0.1) is 12.5 Å². The van der Waals surface area contributed by atoms with Gasteiger partial charge in [-0.05, 0) is 66.8 Å². The number of rotatable bonds is 8. The fourth-order valence-electron chi connectivity index (χ4n) is 4.63. The summed E-state index contributed by atoms with van der Waals surface area (Å²) in [6, 6.07) is 20.7. The van der Waals surface area contributed by atoms with E-state index >= 15 is 0 Å². The highest BCUT2D eigenvalue weighted by atomic mass is 16.5. The smallest absolute Gasteiger partial charge is 0.227 e. The van der Waals surface area contributed by atoms with Crippen LogP contribution in [0.3, 0.4) is 0 Å². The van der Waals surface area contributed by atoms with Crippen molar-refractivity contribution >= 4 is 5.91 Å². The van der Waals surface area contributed by atoms with Crippen molar-refractivity contribution in [2.24, 2.45) is 5.41 Å². The van der Waals surface area contributed by atoms with E-state index in [4.69, 9.17) is 4.74 Å². The molecule has 0 spiro atoms. The summed E-state index contributed by atoms with van der Waals surface area (Å²) < 4.78 is 5.27. The van der Waals surface area contributed by atoms with Crippen LogP contribution in [0.2, 0.25) is 0 Å². The highest BCUT2D eigenvalue weighted by Gasteiger charge is 2.44. The van der Waals surface area contributed by atoms with Gasteiger partial charge in [-0.3, -0.25) is 14.7 Å². The second-order valence-corrected chi connectivity index (χ2v) is 8.57. The summed E-state index contributed by atoms with van der Waals surface area (Å²) in [6.45, 7) is 5.13. The Labute approximate surface area is 190 Å². The molecule has 1 unspecified atom stereocenters. The molecule has 4 rings (SSSR count). The Morgan fingerprint density at radius 1 is 1.09 bits per heavy atom. The van der Waals surface area contributed by atoms with Crippen LogP contribution in [0.4, 0.5) is 0 Å². The molecule has 0 aliphatic carbocycles. The maximum atomic E-state index is 13.2. The number of benzene rings is 2. The van der Waals surface area contributed by atoms with E-state index in [0.29, 0.717) is 6.54 Å². The van der Waals surface area contributed by atoms with Crippen LogP contribution in [-0.4, -0.2) is 42.5 Å². The Morgan fingerprint density at radius 3 is 2.62 bits per heavy atom. The summed E-state index contributed by atoms with van der Waals surface area (Å²) in [6.07, 6.45) is 5.25. The lowest BCUT2D eigenvalue weighted by Crippen LogP contribution is -2.44. The van der Waals surface area contributed by atoms with E-state index in [9.17, 15) is 4.79 Å². The molecular weight excluding hydrogens is 398 g/mol. The minimum Gasteiger partial charge on any atom is -0.497 e. The second-order valence-electron chi connectivity index (χ2n) is 8.57. The van der Waals surface area contributed by atoms with E-state index in [1.165, 1.54) is 11.1 Å². The number of hydrogen-bond acceptors (Lipinski definition) is 4. The van der Waals surface area contributed by atoms with Gasteiger partial charge in [-0.2, -0.15) is 0 Å². The van der Waals surface area contributed by atoms with Crippen LogP contribution in [0.25, 0.3) is 11.1 Å². The van der Waals surface area contributed by atoms with Crippen molar-refractivity contribution in [2.45, 2.75) is 26.3 Å². The first-order valence-electron chi connectivity index (χ1n) is 11.2. The molecule has 1 aromatic heterocycles. The first-order chi connectivity index (χ1) is 15.6. The zero-order chi connectivity index (χ0) is 22.4. The molecule has 2 heterocycles. The molecule has 1 N–H and O–H groups in total. The maximum absolute atomic E-state index is 13.2. The van der Waals surface area contributed by atoms with Crippen LogP contribution in [0, 0.1) is 5.41 Å². The number of carbonyl (C=O) groups excluding carboxylic acids is 1. The zero-order valence-electron chi connectivity index (χ0n) is 18.9. The van der Waals surface area contributed by atoms with Gasteiger partial charge in [-0.1, -0.05) is 42.5 Å². The summed E-state index contributed by atoms with van der Waals surface area (Å²) in [7, 11) is 1.68. The molecule has 1 fully saturated rings. The van der Waals surface area contributed by atoms with Crippen LogP contribution in [0.15, 0.2) is 73.1 Å². The fourth-order valence-corrected chi connectivity index (χ4v) is 4.63. The summed E-state index contributed by atoms with van der Waals surface area (Å²) in [4.78, 5) is 19.9. The third-order valence-corrected chi connectivity index (χ3v) is 6.28. The molecule has 0 bridgehead atoms. The molecule has 1 atom stereocenters. The Kier molecular flexibility index (Phi) is 6.86. The topological polar surface area (TPSA) is 54.5 Å². The average molecular weight is 430 g/mol. The molecule has 3 aromatic rings. The lowest BCUT2D eigenvalue weighted by atomic mass is 9.79. The van der Waals surface area contributed by atoms with Crippen molar-refractivity contribution in [3.63, 3.8) is 0 Å². The molecule has 166 valence electrons. The largest absolute Gasteiger partial charge is 0.497 e. The lowest BCUT2D eigenvalue weighted by molar-refractivity contribution is -0.130. The normalized spacial score (nSPS) is 18.4. The quantitative estimate of drug-likeness (QED) is 0.579. The molecule has 0 saturated carbocycles. The molecule has 1 amide bonds.